The van der Waals surface area contributed by atoms with Gasteiger partial charge in [-0.25, -0.2) is 9.38 Å². The average Bonchev–Trinajstić information content (AvgIpc) is 3.28. The van der Waals surface area contributed by atoms with Crippen LogP contribution in [0, 0.1) is 0 Å². The van der Waals surface area contributed by atoms with Crippen molar-refractivity contribution in [3.63, 3.8) is 0 Å². The van der Waals surface area contributed by atoms with E-state index in [2.05, 4.69) is 31.0 Å². The zero-order valence-electron chi connectivity index (χ0n) is 13.5. The predicted octanol–water partition coefficient (Wildman–Crippen LogP) is 3.79. The van der Waals surface area contributed by atoms with Crippen LogP contribution in [0.25, 0.3) is 28.1 Å². The molecule has 5 rings (SSSR count). The largest absolute Gasteiger partial charge is 0.446 e. The van der Waals surface area contributed by atoms with Gasteiger partial charge in [0, 0.05) is 23.5 Å². The van der Waals surface area contributed by atoms with Crippen LogP contribution >= 0.6 is 27.5 Å². The molecule has 0 unspecified atom stereocenters. The molecule has 26 heavy (non-hydrogen) atoms. The Morgan fingerprint density at radius 3 is 2.69 bits per heavy atom. The summed E-state index contributed by atoms with van der Waals surface area (Å²) in [6.07, 6.45) is 0. The van der Waals surface area contributed by atoms with E-state index in [1.54, 1.807) is 0 Å². The highest BCUT2D eigenvalue weighted by molar-refractivity contribution is 9.10. The molecular formula is C17H13BrClN5O2. The van der Waals surface area contributed by atoms with Crippen molar-refractivity contribution in [1.29, 1.82) is 0 Å². The summed E-state index contributed by atoms with van der Waals surface area (Å²) in [6, 6.07) is 9.28. The summed E-state index contributed by atoms with van der Waals surface area (Å²) in [5, 5.41) is 10.3. The first-order valence-electron chi connectivity index (χ1n) is 8.13. The molecule has 7 nitrogen and oxygen atoms in total. The molecule has 4 heterocycles. The lowest BCUT2D eigenvalue weighted by Gasteiger charge is -2.28. The predicted molar refractivity (Wildman–Crippen MR) is 102 cm³/mol. The highest BCUT2D eigenvalue weighted by atomic mass is 79.9. The first kappa shape index (κ1) is 16.0. The lowest BCUT2D eigenvalue weighted by Crippen LogP contribution is -2.38. The molecule has 9 heteroatoms. The van der Waals surface area contributed by atoms with E-state index in [-0.39, 0.29) is 0 Å². The van der Waals surface area contributed by atoms with Gasteiger partial charge in [-0.15, -0.1) is 10.2 Å². The van der Waals surface area contributed by atoms with Crippen LogP contribution in [0.2, 0.25) is 5.02 Å². The topological polar surface area (TPSA) is 68.7 Å². The van der Waals surface area contributed by atoms with E-state index in [1.807, 2.05) is 34.7 Å². The molecule has 1 aromatic carbocycles. The summed E-state index contributed by atoms with van der Waals surface area (Å²) in [6.45, 7) is 2.82. The molecule has 1 aliphatic heterocycles. The van der Waals surface area contributed by atoms with Crippen LogP contribution in [0.15, 0.2) is 39.4 Å². The van der Waals surface area contributed by atoms with E-state index in [1.165, 1.54) is 0 Å². The van der Waals surface area contributed by atoms with Crippen LogP contribution in [0.1, 0.15) is 0 Å². The minimum atomic E-state index is 0.599. The highest BCUT2D eigenvalue weighted by Crippen LogP contribution is 2.31. The third kappa shape index (κ3) is 2.56. The fraction of sp³-hybridized carbons (Fsp3) is 0.235. The Bertz CT molecular complexity index is 1120. The number of ether oxygens (including phenoxy) is 1. The van der Waals surface area contributed by atoms with Crippen molar-refractivity contribution in [3.8, 4) is 11.6 Å². The Kier molecular flexibility index (Phi) is 3.84. The number of fused-ring (bicyclic) bond motifs is 3. The van der Waals surface area contributed by atoms with Crippen molar-refractivity contribution in [2.75, 3.05) is 31.2 Å². The van der Waals surface area contributed by atoms with Crippen LogP contribution in [0.4, 0.5) is 5.95 Å². The molecule has 4 aromatic rings. The van der Waals surface area contributed by atoms with Gasteiger partial charge in [0.25, 0.3) is 0 Å². The zero-order chi connectivity index (χ0) is 17.7. The van der Waals surface area contributed by atoms with Gasteiger partial charge < -0.3 is 14.1 Å². The van der Waals surface area contributed by atoms with Gasteiger partial charge in [0.1, 0.15) is 0 Å². The summed E-state index contributed by atoms with van der Waals surface area (Å²) >= 11 is 9.54. The Balaban J connectivity index is 1.84. The third-order valence-electron chi connectivity index (χ3n) is 4.37. The standard InChI is InChI=1S/C17H13BrClN5O2/c18-14-4-3-13(26-14)16-22-21-15-11-9-10(19)1-2-12(11)20-17(24(15)16)23-5-7-25-8-6-23/h1-4,9H,5-8H2. The van der Waals surface area contributed by atoms with Crippen molar-refractivity contribution in [2.24, 2.45) is 0 Å². The number of furan rings is 1. The molecule has 0 amide bonds. The SMILES string of the molecule is Clc1ccc2nc(N3CCOCC3)n3c(-c4ccc(Br)o4)nnc3c2c1. The van der Waals surface area contributed by atoms with E-state index in [0.29, 0.717) is 40.1 Å². The van der Waals surface area contributed by atoms with E-state index < -0.39 is 0 Å². The minimum absolute atomic E-state index is 0.599. The smallest absolute Gasteiger partial charge is 0.213 e. The van der Waals surface area contributed by atoms with Crippen molar-refractivity contribution in [3.05, 3.63) is 40.0 Å². The normalized spacial score (nSPS) is 15.2. The molecule has 0 aliphatic carbocycles. The molecular weight excluding hydrogens is 422 g/mol. The fourth-order valence-electron chi connectivity index (χ4n) is 3.16. The second-order valence-corrected chi connectivity index (χ2v) is 7.18. The number of benzene rings is 1. The summed E-state index contributed by atoms with van der Waals surface area (Å²) in [7, 11) is 0. The molecule has 0 saturated carbocycles. The summed E-state index contributed by atoms with van der Waals surface area (Å²) in [4.78, 5) is 7.05. The molecule has 0 radical (unpaired) electrons. The maximum absolute atomic E-state index is 6.20. The van der Waals surface area contributed by atoms with E-state index in [9.17, 15) is 0 Å². The van der Waals surface area contributed by atoms with Gasteiger partial charge >= 0.3 is 0 Å². The Labute approximate surface area is 161 Å². The Hall–Kier alpha value is -2.16. The number of aromatic nitrogens is 4. The number of nitrogens with zero attached hydrogens (tertiary/aromatic N) is 5. The average molecular weight is 435 g/mol. The Morgan fingerprint density at radius 2 is 1.92 bits per heavy atom. The van der Waals surface area contributed by atoms with Gasteiger partial charge in [-0.1, -0.05) is 11.6 Å². The summed E-state index contributed by atoms with van der Waals surface area (Å²) < 4.78 is 13.8. The molecule has 0 bridgehead atoms. The number of hydrogen-bond donors (Lipinski definition) is 0. The van der Waals surface area contributed by atoms with Crippen LogP contribution in [-0.2, 0) is 4.74 Å². The van der Waals surface area contributed by atoms with Crippen molar-refractivity contribution >= 4 is 50.0 Å². The lowest BCUT2D eigenvalue weighted by atomic mass is 10.2. The maximum atomic E-state index is 6.20. The van der Waals surface area contributed by atoms with E-state index in [0.717, 1.165) is 29.9 Å². The molecule has 3 aromatic heterocycles. The van der Waals surface area contributed by atoms with E-state index >= 15 is 0 Å². The second-order valence-electron chi connectivity index (χ2n) is 5.96. The van der Waals surface area contributed by atoms with Crippen LogP contribution in [0.3, 0.4) is 0 Å². The maximum Gasteiger partial charge on any atom is 0.213 e. The number of rotatable bonds is 2. The molecule has 0 atom stereocenters. The quantitative estimate of drug-likeness (QED) is 0.478. The first-order chi connectivity index (χ1) is 12.7. The molecule has 1 fully saturated rings. The van der Waals surface area contributed by atoms with Crippen LogP contribution in [0.5, 0.6) is 0 Å². The van der Waals surface area contributed by atoms with Gasteiger partial charge in [0.05, 0.1) is 18.7 Å². The lowest BCUT2D eigenvalue weighted by molar-refractivity contribution is 0.122. The van der Waals surface area contributed by atoms with Gasteiger partial charge in [0.15, 0.2) is 16.1 Å². The fourth-order valence-corrected chi connectivity index (χ4v) is 3.64. The van der Waals surface area contributed by atoms with Gasteiger partial charge in [0.2, 0.25) is 11.8 Å². The third-order valence-corrected chi connectivity index (χ3v) is 5.03. The van der Waals surface area contributed by atoms with Crippen molar-refractivity contribution in [2.45, 2.75) is 0 Å². The van der Waals surface area contributed by atoms with Gasteiger partial charge in [-0.05, 0) is 46.3 Å². The summed E-state index contributed by atoms with van der Waals surface area (Å²) in [5.74, 6) is 1.98. The van der Waals surface area contributed by atoms with E-state index in [4.69, 9.17) is 25.7 Å². The van der Waals surface area contributed by atoms with Crippen molar-refractivity contribution in [1.82, 2.24) is 19.6 Å². The highest BCUT2D eigenvalue weighted by Gasteiger charge is 2.23. The zero-order valence-corrected chi connectivity index (χ0v) is 15.9. The minimum Gasteiger partial charge on any atom is -0.446 e. The second kappa shape index (κ2) is 6.22. The molecule has 0 spiro atoms. The number of morpholine rings is 1. The number of anilines is 1. The Morgan fingerprint density at radius 1 is 1.08 bits per heavy atom. The molecule has 1 aliphatic rings. The van der Waals surface area contributed by atoms with Gasteiger partial charge in [-0.2, -0.15) is 0 Å². The summed E-state index contributed by atoms with van der Waals surface area (Å²) in [5.41, 5.74) is 1.52. The number of halogens is 2. The number of hydrogen-bond acceptors (Lipinski definition) is 6. The van der Waals surface area contributed by atoms with Crippen LogP contribution in [-0.4, -0.2) is 45.9 Å². The van der Waals surface area contributed by atoms with Crippen molar-refractivity contribution < 1.29 is 9.15 Å². The van der Waals surface area contributed by atoms with Gasteiger partial charge in [-0.3, -0.25) is 0 Å². The monoisotopic (exact) mass is 433 g/mol. The first-order valence-corrected chi connectivity index (χ1v) is 9.30. The van der Waals surface area contributed by atoms with Crippen LogP contribution < -0.4 is 4.90 Å². The molecule has 132 valence electrons. The molecule has 0 N–H and O–H groups in total. The molecule has 1 saturated heterocycles.